The number of fused-ring (bicyclic) bond motifs is 2. The second-order valence-corrected chi connectivity index (χ2v) is 12.2. The standard InChI is InChI=1S/C32H38N8O3/c1-4-12-39-29(42)24-19-33-30(34-23-7-8-25(22(17-23)20-41)38-15-13-37(3)14-16-38)36-28(24)40(39)26-9-6-21-18-31(10-11-31)32(43,5-2)27(21)35-26/h4,6-9,17,19,41,43H,1,5,10-16,18,20H2,2-3H3,(H,33,34,36). The van der Waals surface area contributed by atoms with Gasteiger partial charge in [0.15, 0.2) is 11.5 Å². The Labute approximate surface area is 250 Å². The summed E-state index contributed by atoms with van der Waals surface area (Å²) >= 11 is 0. The molecule has 11 heteroatoms. The minimum Gasteiger partial charge on any atom is -0.392 e. The highest BCUT2D eigenvalue weighted by Crippen LogP contribution is 2.65. The van der Waals surface area contributed by atoms with Gasteiger partial charge in [-0.1, -0.05) is 19.1 Å². The number of anilines is 3. The van der Waals surface area contributed by atoms with E-state index in [4.69, 9.17) is 9.97 Å². The molecule has 43 heavy (non-hydrogen) atoms. The van der Waals surface area contributed by atoms with Crippen LogP contribution in [0.2, 0.25) is 0 Å². The van der Waals surface area contributed by atoms with Crippen LogP contribution in [0.3, 0.4) is 0 Å². The molecule has 1 saturated carbocycles. The van der Waals surface area contributed by atoms with E-state index >= 15 is 0 Å². The van der Waals surface area contributed by atoms with Crippen molar-refractivity contribution in [3.05, 3.63) is 76.4 Å². The van der Waals surface area contributed by atoms with Gasteiger partial charge in [0.05, 0.1) is 18.8 Å². The third kappa shape index (κ3) is 4.37. The van der Waals surface area contributed by atoms with E-state index in [9.17, 15) is 15.0 Å². The predicted octanol–water partition coefficient (Wildman–Crippen LogP) is 3.08. The Morgan fingerprint density at radius 1 is 1.12 bits per heavy atom. The summed E-state index contributed by atoms with van der Waals surface area (Å²) in [5.74, 6) is 0.831. The molecule has 3 N–H and O–H groups in total. The van der Waals surface area contributed by atoms with E-state index in [0.29, 0.717) is 34.9 Å². The monoisotopic (exact) mass is 582 g/mol. The zero-order valence-corrected chi connectivity index (χ0v) is 24.8. The van der Waals surface area contributed by atoms with Crippen molar-refractivity contribution in [3.63, 3.8) is 0 Å². The minimum absolute atomic E-state index is 0.0869. The fourth-order valence-corrected chi connectivity index (χ4v) is 7.03. The molecular weight excluding hydrogens is 544 g/mol. The van der Waals surface area contributed by atoms with Crippen molar-refractivity contribution in [1.82, 2.24) is 29.2 Å². The van der Waals surface area contributed by atoms with Gasteiger partial charge in [-0.25, -0.2) is 19.3 Å². The summed E-state index contributed by atoms with van der Waals surface area (Å²) in [4.78, 5) is 32.3. The van der Waals surface area contributed by atoms with Crippen molar-refractivity contribution < 1.29 is 10.2 Å². The van der Waals surface area contributed by atoms with Gasteiger partial charge in [-0.15, -0.1) is 6.58 Å². The topological polar surface area (TPSA) is 125 Å². The van der Waals surface area contributed by atoms with Crippen molar-refractivity contribution in [2.75, 3.05) is 43.4 Å². The first kappa shape index (κ1) is 27.8. The summed E-state index contributed by atoms with van der Waals surface area (Å²) in [6.45, 7) is 9.79. The average molecular weight is 583 g/mol. The molecule has 1 aromatic carbocycles. The normalized spacial score (nSPS) is 21.0. The number of nitrogens with one attached hydrogen (secondary N) is 1. The number of rotatable bonds is 8. The third-order valence-corrected chi connectivity index (χ3v) is 9.67. The van der Waals surface area contributed by atoms with Gasteiger partial charge in [0, 0.05) is 54.7 Å². The molecule has 0 radical (unpaired) electrons. The van der Waals surface area contributed by atoms with E-state index in [2.05, 4.69) is 33.7 Å². The predicted molar refractivity (Wildman–Crippen MR) is 166 cm³/mol. The van der Waals surface area contributed by atoms with Gasteiger partial charge in [-0.05, 0) is 62.6 Å². The summed E-state index contributed by atoms with van der Waals surface area (Å²) < 4.78 is 3.25. The van der Waals surface area contributed by atoms with E-state index in [1.807, 2.05) is 37.3 Å². The van der Waals surface area contributed by atoms with Crippen LogP contribution in [0, 0.1) is 5.41 Å². The van der Waals surface area contributed by atoms with Gasteiger partial charge in [0.2, 0.25) is 5.95 Å². The van der Waals surface area contributed by atoms with Crippen LogP contribution < -0.4 is 15.8 Å². The smallest absolute Gasteiger partial charge is 0.278 e. The first-order valence-electron chi connectivity index (χ1n) is 15.1. The first-order chi connectivity index (χ1) is 20.8. The number of aliphatic hydroxyl groups excluding tert-OH is 1. The molecule has 2 fully saturated rings. The highest BCUT2D eigenvalue weighted by atomic mass is 16.3. The van der Waals surface area contributed by atoms with Gasteiger partial charge in [-0.2, -0.15) is 4.98 Å². The number of aliphatic hydroxyl groups is 2. The fourth-order valence-electron chi connectivity index (χ4n) is 7.03. The van der Waals surface area contributed by atoms with E-state index in [1.54, 1.807) is 15.4 Å². The van der Waals surface area contributed by atoms with E-state index in [-0.39, 0.29) is 24.1 Å². The lowest BCUT2D eigenvalue weighted by Gasteiger charge is -2.35. The van der Waals surface area contributed by atoms with Crippen molar-refractivity contribution >= 4 is 28.4 Å². The second-order valence-electron chi connectivity index (χ2n) is 12.2. The first-order valence-corrected chi connectivity index (χ1v) is 15.1. The van der Waals surface area contributed by atoms with Crippen molar-refractivity contribution in [1.29, 1.82) is 0 Å². The Bertz CT molecular complexity index is 1780. The molecule has 3 aliphatic rings. The number of pyridine rings is 1. The number of hydrogen-bond acceptors (Lipinski definition) is 9. The fraction of sp³-hybridized carbons (Fsp3) is 0.438. The lowest BCUT2D eigenvalue weighted by Crippen LogP contribution is -2.44. The summed E-state index contributed by atoms with van der Waals surface area (Å²) in [5, 5.41) is 25.5. The quantitative estimate of drug-likeness (QED) is 0.269. The molecule has 1 aliphatic heterocycles. The van der Waals surface area contributed by atoms with Gasteiger partial charge in [-0.3, -0.25) is 4.79 Å². The van der Waals surface area contributed by atoms with Crippen molar-refractivity contribution in [3.8, 4) is 5.82 Å². The summed E-state index contributed by atoms with van der Waals surface area (Å²) in [7, 11) is 2.12. The molecule has 2 aliphatic carbocycles. The molecule has 1 unspecified atom stereocenters. The van der Waals surface area contributed by atoms with E-state index in [1.165, 1.54) is 6.20 Å². The maximum atomic E-state index is 13.5. The molecule has 7 rings (SSSR count). The molecule has 3 aromatic heterocycles. The molecule has 0 amide bonds. The summed E-state index contributed by atoms with van der Waals surface area (Å²) in [5.41, 5.74) is 3.41. The Kier molecular flexibility index (Phi) is 6.64. The lowest BCUT2D eigenvalue weighted by atomic mass is 9.84. The van der Waals surface area contributed by atoms with Crippen LogP contribution in [0.1, 0.15) is 43.0 Å². The Morgan fingerprint density at radius 3 is 2.60 bits per heavy atom. The molecule has 11 nitrogen and oxygen atoms in total. The van der Waals surface area contributed by atoms with Crippen LogP contribution in [0.25, 0.3) is 16.9 Å². The molecule has 4 aromatic rings. The highest BCUT2D eigenvalue weighted by Gasteiger charge is 2.63. The summed E-state index contributed by atoms with van der Waals surface area (Å²) in [6.07, 6.45) is 6.59. The van der Waals surface area contributed by atoms with Crippen LogP contribution in [0.5, 0.6) is 0 Å². The number of allylic oxidation sites excluding steroid dienone is 1. The number of piperazine rings is 1. The molecule has 0 bridgehead atoms. The Hall–Kier alpha value is -4.06. The van der Waals surface area contributed by atoms with Crippen molar-refractivity contribution in [2.45, 2.75) is 51.4 Å². The Balaban J connectivity index is 1.27. The van der Waals surface area contributed by atoms with Crippen LogP contribution in [-0.2, 0) is 25.2 Å². The second kappa shape index (κ2) is 10.3. The van der Waals surface area contributed by atoms with E-state index in [0.717, 1.165) is 67.9 Å². The van der Waals surface area contributed by atoms with Gasteiger partial charge < -0.3 is 25.3 Å². The molecule has 1 atom stereocenters. The molecular formula is C32H38N8O3. The third-order valence-electron chi connectivity index (χ3n) is 9.67. The maximum absolute atomic E-state index is 13.5. The van der Waals surface area contributed by atoms with Gasteiger partial charge in [0.25, 0.3) is 5.56 Å². The SMILES string of the molecule is C=CCn1c(=O)c2cnc(Nc3ccc(N4CCN(C)CC4)c(CO)c3)nc2n1-c1ccc2c(n1)C(O)(CC)C1(CC1)C2. The van der Waals surface area contributed by atoms with Crippen LogP contribution in [-0.4, -0.2) is 72.7 Å². The minimum atomic E-state index is -0.979. The molecule has 4 heterocycles. The Morgan fingerprint density at radius 2 is 1.91 bits per heavy atom. The lowest BCUT2D eigenvalue weighted by molar-refractivity contribution is -0.0324. The number of benzene rings is 1. The molecule has 224 valence electrons. The van der Waals surface area contributed by atoms with E-state index < -0.39 is 5.60 Å². The average Bonchev–Trinajstić information content (AvgIpc) is 3.71. The largest absolute Gasteiger partial charge is 0.392 e. The van der Waals surface area contributed by atoms with Crippen LogP contribution in [0.15, 0.2) is 54.0 Å². The van der Waals surface area contributed by atoms with Crippen LogP contribution >= 0.6 is 0 Å². The maximum Gasteiger partial charge on any atom is 0.278 e. The van der Waals surface area contributed by atoms with Crippen molar-refractivity contribution in [2.24, 2.45) is 5.41 Å². The number of aromatic nitrogens is 5. The molecule has 1 spiro atoms. The highest BCUT2D eigenvalue weighted by molar-refractivity contribution is 5.77. The number of likely N-dealkylation sites (N-methyl/N-ethyl adjacent to an activating group) is 1. The van der Waals surface area contributed by atoms with Gasteiger partial charge in [0.1, 0.15) is 11.0 Å². The van der Waals surface area contributed by atoms with Crippen LogP contribution in [0.4, 0.5) is 17.3 Å². The zero-order chi connectivity index (χ0) is 29.9. The zero-order valence-electron chi connectivity index (χ0n) is 24.8. The number of hydrogen-bond donors (Lipinski definition) is 3. The summed E-state index contributed by atoms with van der Waals surface area (Å²) in [6, 6.07) is 9.81. The molecule has 1 saturated heterocycles. The van der Waals surface area contributed by atoms with Gasteiger partial charge >= 0.3 is 0 Å². The number of nitrogens with zero attached hydrogens (tertiary/aromatic N) is 7.